The van der Waals surface area contributed by atoms with Crippen LogP contribution in [-0.4, -0.2) is 12.5 Å². The molecule has 3 aromatic carbocycles. The maximum absolute atomic E-state index is 15.0. The number of benzene rings is 3. The summed E-state index contributed by atoms with van der Waals surface area (Å²) in [4.78, 5) is 0. The van der Waals surface area contributed by atoms with Crippen LogP contribution in [0.4, 0.5) is 35.1 Å². The van der Waals surface area contributed by atoms with Gasteiger partial charge in [-0.2, -0.15) is 8.78 Å². The summed E-state index contributed by atoms with van der Waals surface area (Å²) >= 11 is 0. The SMILES string of the molecule is CCCC1CCC(C(F)(F)Cc2cc(F)c(-c3ccc(-c4cc(F)c(OC(F)F)c(F)c4)cc3)c(F)c2)CC1. The summed E-state index contributed by atoms with van der Waals surface area (Å²) in [7, 11) is 0. The lowest BCUT2D eigenvalue weighted by atomic mass is 9.76. The Morgan fingerprint density at radius 2 is 1.31 bits per heavy atom. The minimum Gasteiger partial charge on any atom is -0.429 e. The highest BCUT2D eigenvalue weighted by Gasteiger charge is 2.41. The minimum atomic E-state index is -3.41. The molecule has 3 aromatic rings. The van der Waals surface area contributed by atoms with Gasteiger partial charge in [0.25, 0.3) is 5.92 Å². The first kappa shape index (κ1) is 28.9. The summed E-state index contributed by atoms with van der Waals surface area (Å²) in [5.74, 6) is -9.37. The lowest BCUT2D eigenvalue weighted by Gasteiger charge is -2.33. The van der Waals surface area contributed by atoms with Crippen molar-refractivity contribution in [2.24, 2.45) is 11.8 Å². The zero-order chi connectivity index (χ0) is 28.3. The summed E-state index contributed by atoms with van der Waals surface area (Å²) in [5.41, 5.74) is -0.249. The molecule has 9 heteroatoms. The quantitative estimate of drug-likeness (QED) is 0.238. The van der Waals surface area contributed by atoms with E-state index in [9.17, 15) is 26.3 Å². The summed E-state index contributed by atoms with van der Waals surface area (Å²) in [6.45, 7) is -1.34. The van der Waals surface area contributed by atoms with E-state index in [1.54, 1.807) is 0 Å². The van der Waals surface area contributed by atoms with E-state index in [1.165, 1.54) is 24.3 Å². The van der Waals surface area contributed by atoms with E-state index < -0.39 is 59.5 Å². The third-order valence-corrected chi connectivity index (χ3v) is 7.39. The molecule has 0 bridgehead atoms. The van der Waals surface area contributed by atoms with Crippen molar-refractivity contribution in [3.63, 3.8) is 0 Å². The van der Waals surface area contributed by atoms with E-state index in [-0.39, 0.29) is 22.3 Å². The van der Waals surface area contributed by atoms with Gasteiger partial charge in [-0.15, -0.1) is 0 Å². The van der Waals surface area contributed by atoms with Crippen LogP contribution in [0.15, 0.2) is 48.5 Å². The average molecular weight is 557 g/mol. The topological polar surface area (TPSA) is 9.23 Å². The van der Waals surface area contributed by atoms with Crippen LogP contribution in [-0.2, 0) is 6.42 Å². The zero-order valence-electron chi connectivity index (χ0n) is 21.2. The Bertz CT molecular complexity index is 1230. The maximum atomic E-state index is 15.0. The summed E-state index contributed by atoms with van der Waals surface area (Å²) < 4.78 is 117. The van der Waals surface area contributed by atoms with Gasteiger partial charge in [0.15, 0.2) is 17.4 Å². The van der Waals surface area contributed by atoms with Crippen molar-refractivity contribution < 1.29 is 39.9 Å². The number of rotatable bonds is 9. The number of hydrogen-bond donors (Lipinski definition) is 0. The van der Waals surface area contributed by atoms with Crippen LogP contribution in [0.1, 0.15) is 51.0 Å². The average Bonchev–Trinajstić information content (AvgIpc) is 2.86. The zero-order valence-corrected chi connectivity index (χ0v) is 21.2. The number of ether oxygens (including phenoxy) is 1. The Kier molecular flexibility index (Phi) is 8.86. The number of alkyl halides is 4. The molecule has 0 unspecified atom stereocenters. The van der Waals surface area contributed by atoms with Crippen LogP contribution < -0.4 is 4.74 Å². The standard InChI is InChI=1S/C30H28F8O/c1-2-3-17-4-10-22(11-5-17)30(37,38)16-18-12-23(31)27(24(32)13-18)20-8-6-19(7-9-20)21-14-25(33)28(26(34)15-21)39-29(35)36/h6-9,12-15,17,22,29H,2-5,10-11,16H2,1H3. The first-order valence-electron chi connectivity index (χ1n) is 12.9. The first-order valence-corrected chi connectivity index (χ1v) is 12.9. The van der Waals surface area contributed by atoms with Gasteiger partial charge in [0, 0.05) is 12.3 Å². The van der Waals surface area contributed by atoms with Crippen molar-refractivity contribution >= 4 is 0 Å². The van der Waals surface area contributed by atoms with Gasteiger partial charge < -0.3 is 4.74 Å². The van der Waals surface area contributed by atoms with Gasteiger partial charge in [0.05, 0.1) is 5.56 Å². The molecule has 0 aromatic heterocycles. The minimum absolute atomic E-state index is 0.0135. The molecule has 210 valence electrons. The van der Waals surface area contributed by atoms with Crippen molar-refractivity contribution in [2.75, 3.05) is 0 Å². The van der Waals surface area contributed by atoms with Crippen molar-refractivity contribution in [2.45, 2.75) is 64.4 Å². The van der Waals surface area contributed by atoms with Crippen LogP contribution in [0, 0.1) is 35.1 Å². The fourth-order valence-corrected chi connectivity index (χ4v) is 5.46. The molecule has 1 aliphatic rings. The fraction of sp³-hybridized carbons (Fsp3) is 0.400. The predicted octanol–water partition coefficient (Wildman–Crippen LogP) is 9.96. The summed E-state index contributed by atoms with van der Waals surface area (Å²) in [6.07, 6.45) is 3.53. The second-order valence-corrected chi connectivity index (χ2v) is 10.1. The second-order valence-electron chi connectivity index (χ2n) is 10.1. The molecule has 1 nitrogen and oxygen atoms in total. The Morgan fingerprint density at radius 1 is 0.769 bits per heavy atom. The van der Waals surface area contributed by atoms with Crippen molar-refractivity contribution in [3.05, 3.63) is 77.4 Å². The summed E-state index contributed by atoms with van der Waals surface area (Å²) in [6, 6.07) is 8.70. The molecule has 0 amide bonds. The molecule has 39 heavy (non-hydrogen) atoms. The molecule has 0 aliphatic heterocycles. The van der Waals surface area contributed by atoms with Crippen molar-refractivity contribution in [1.29, 1.82) is 0 Å². The monoisotopic (exact) mass is 556 g/mol. The molecule has 0 spiro atoms. The van der Waals surface area contributed by atoms with Crippen LogP contribution in [0.5, 0.6) is 5.75 Å². The second kappa shape index (κ2) is 12.0. The highest BCUT2D eigenvalue weighted by molar-refractivity contribution is 5.71. The predicted molar refractivity (Wildman–Crippen MR) is 133 cm³/mol. The first-order chi connectivity index (χ1) is 18.5. The lowest BCUT2D eigenvalue weighted by molar-refractivity contribution is -0.0746. The van der Waals surface area contributed by atoms with Gasteiger partial charge in [-0.1, -0.05) is 44.0 Å². The molecule has 1 aliphatic carbocycles. The molecule has 0 saturated heterocycles. The smallest absolute Gasteiger partial charge is 0.387 e. The van der Waals surface area contributed by atoms with Crippen LogP contribution in [0.3, 0.4) is 0 Å². The molecule has 0 atom stereocenters. The third kappa shape index (κ3) is 6.73. The molecule has 0 radical (unpaired) electrons. The normalized spacial score (nSPS) is 18.0. The van der Waals surface area contributed by atoms with E-state index in [4.69, 9.17) is 0 Å². The molecular formula is C30H28F8O. The number of hydrogen-bond acceptors (Lipinski definition) is 1. The van der Waals surface area contributed by atoms with Crippen molar-refractivity contribution in [3.8, 4) is 28.0 Å². The Morgan fingerprint density at radius 3 is 1.82 bits per heavy atom. The highest BCUT2D eigenvalue weighted by Crippen LogP contribution is 2.42. The fourth-order valence-electron chi connectivity index (χ4n) is 5.46. The van der Waals surface area contributed by atoms with Crippen molar-refractivity contribution in [1.82, 2.24) is 0 Å². The van der Waals surface area contributed by atoms with E-state index >= 15 is 8.78 Å². The van der Waals surface area contributed by atoms with E-state index in [1.807, 2.05) is 0 Å². The third-order valence-electron chi connectivity index (χ3n) is 7.39. The largest absolute Gasteiger partial charge is 0.429 e. The molecule has 1 fully saturated rings. The maximum Gasteiger partial charge on any atom is 0.387 e. The molecule has 0 N–H and O–H groups in total. The van der Waals surface area contributed by atoms with Crippen LogP contribution in [0.2, 0.25) is 0 Å². The van der Waals surface area contributed by atoms with E-state index in [0.717, 1.165) is 49.9 Å². The number of halogens is 8. The Balaban J connectivity index is 1.51. The van der Waals surface area contributed by atoms with Gasteiger partial charge in [-0.25, -0.2) is 26.3 Å². The molecular weight excluding hydrogens is 528 g/mol. The summed E-state index contributed by atoms with van der Waals surface area (Å²) in [5, 5.41) is 0. The van der Waals surface area contributed by atoms with Crippen LogP contribution in [0.25, 0.3) is 22.3 Å². The van der Waals surface area contributed by atoms with Gasteiger partial charge in [-0.05, 0) is 78.1 Å². The Labute approximate surface area is 221 Å². The van der Waals surface area contributed by atoms with Gasteiger partial charge in [0.1, 0.15) is 11.6 Å². The molecule has 4 rings (SSSR count). The van der Waals surface area contributed by atoms with E-state index in [2.05, 4.69) is 11.7 Å². The highest BCUT2D eigenvalue weighted by atomic mass is 19.3. The van der Waals surface area contributed by atoms with Gasteiger partial charge >= 0.3 is 6.61 Å². The molecule has 1 saturated carbocycles. The van der Waals surface area contributed by atoms with Gasteiger partial charge in [-0.3, -0.25) is 0 Å². The lowest BCUT2D eigenvalue weighted by Crippen LogP contribution is -2.34. The molecule has 0 heterocycles. The van der Waals surface area contributed by atoms with Crippen LogP contribution >= 0.6 is 0 Å². The Hall–Kier alpha value is -3.10. The van der Waals surface area contributed by atoms with E-state index in [0.29, 0.717) is 18.8 Å². The van der Waals surface area contributed by atoms with Gasteiger partial charge in [0.2, 0.25) is 0 Å².